The molecule has 3 heteroatoms. The lowest BCUT2D eigenvalue weighted by molar-refractivity contribution is 0.348. The van der Waals surface area contributed by atoms with Gasteiger partial charge in [-0.25, -0.2) is 0 Å². The number of rotatable bonds is 2. The molecule has 2 atom stereocenters. The highest BCUT2D eigenvalue weighted by Gasteiger charge is 2.25. The SMILES string of the molecule is CCC1CN(c2ccnc(C)c2)CCC1N. The van der Waals surface area contributed by atoms with E-state index >= 15 is 0 Å². The fourth-order valence-electron chi connectivity index (χ4n) is 2.44. The molecule has 2 heterocycles. The number of hydrogen-bond donors (Lipinski definition) is 1. The molecular weight excluding hydrogens is 198 g/mol. The topological polar surface area (TPSA) is 42.2 Å². The second-order valence-corrected chi connectivity index (χ2v) is 4.72. The van der Waals surface area contributed by atoms with Gasteiger partial charge in [0.05, 0.1) is 0 Å². The molecule has 1 aromatic heterocycles. The normalized spacial score (nSPS) is 25.8. The molecule has 88 valence electrons. The van der Waals surface area contributed by atoms with Crippen molar-refractivity contribution < 1.29 is 0 Å². The van der Waals surface area contributed by atoms with Crippen LogP contribution in [0, 0.1) is 12.8 Å². The standard InChI is InChI=1S/C13H21N3/c1-3-11-9-16(7-5-13(11)14)12-4-6-15-10(2)8-12/h4,6,8,11,13H,3,5,7,9,14H2,1-2H3. The third-order valence-electron chi connectivity index (χ3n) is 3.56. The minimum Gasteiger partial charge on any atom is -0.371 e. The minimum absolute atomic E-state index is 0.379. The van der Waals surface area contributed by atoms with Gasteiger partial charge in [-0.05, 0) is 31.4 Å². The molecule has 1 aliphatic heterocycles. The van der Waals surface area contributed by atoms with Crippen LogP contribution >= 0.6 is 0 Å². The predicted molar refractivity (Wildman–Crippen MR) is 67.6 cm³/mol. The average Bonchev–Trinajstić information content (AvgIpc) is 2.29. The number of aromatic nitrogens is 1. The average molecular weight is 219 g/mol. The highest BCUT2D eigenvalue weighted by Crippen LogP contribution is 2.24. The fourth-order valence-corrected chi connectivity index (χ4v) is 2.44. The van der Waals surface area contributed by atoms with Gasteiger partial charge in [0.25, 0.3) is 0 Å². The maximum Gasteiger partial charge on any atom is 0.0399 e. The summed E-state index contributed by atoms with van der Waals surface area (Å²) in [5.74, 6) is 0.627. The Morgan fingerprint density at radius 2 is 2.38 bits per heavy atom. The molecule has 0 aromatic carbocycles. The van der Waals surface area contributed by atoms with Gasteiger partial charge in [0.15, 0.2) is 0 Å². The number of aryl methyl sites for hydroxylation is 1. The van der Waals surface area contributed by atoms with Crippen LogP contribution in [0.1, 0.15) is 25.5 Å². The predicted octanol–water partition coefficient (Wildman–Crippen LogP) is 1.95. The Bertz CT molecular complexity index is 351. The molecule has 3 nitrogen and oxygen atoms in total. The number of anilines is 1. The lowest BCUT2D eigenvalue weighted by Gasteiger charge is -2.38. The largest absolute Gasteiger partial charge is 0.371 e. The van der Waals surface area contributed by atoms with E-state index in [2.05, 4.69) is 28.9 Å². The van der Waals surface area contributed by atoms with E-state index in [1.165, 1.54) is 12.1 Å². The van der Waals surface area contributed by atoms with Gasteiger partial charge in [-0.2, -0.15) is 0 Å². The van der Waals surface area contributed by atoms with Gasteiger partial charge in [0, 0.05) is 36.7 Å². The Morgan fingerprint density at radius 3 is 3.06 bits per heavy atom. The lowest BCUT2D eigenvalue weighted by atomic mass is 9.90. The molecule has 0 aliphatic carbocycles. The van der Waals surface area contributed by atoms with Gasteiger partial charge in [-0.1, -0.05) is 13.3 Å². The molecule has 1 saturated heterocycles. The molecular formula is C13H21N3. The summed E-state index contributed by atoms with van der Waals surface area (Å²) in [6, 6.07) is 4.63. The molecule has 0 saturated carbocycles. The maximum absolute atomic E-state index is 6.12. The van der Waals surface area contributed by atoms with Crippen LogP contribution in [-0.2, 0) is 0 Å². The van der Waals surface area contributed by atoms with Gasteiger partial charge in [-0.3, -0.25) is 4.98 Å². The Balaban J connectivity index is 2.11. The van der Waals surface area contributed by atoms with Crippen molar-refractivity contribution in [3.05, 3.63) is 24.0 Å². The second-order valence-electron chi connectivity index (χ2n) is 4.72. The van der Waals surface area contributed by atoms with Crippen molar-refractivity contribution in [1.29, 1.82) is 0 Å². The van der Waals surface area contributed by atoms with E-state index in [4.69, 9.17) is 5.73 Å². The van der Waals surface area contributed by atoms with Crippen LogP contribution in [0.2, 0.25) is 0 Å². The van der Waals surface area contributed by atoms with E-state index in [0.29, 0.717) is 12.0 Å². The van der Waals surface area contributed by atoms with Gasteiger partial charge in [-0.15, -0.1) is 0 Å². The molecule has 1 aromatic rings. The van der Waals surface area contributed by atoms with E-state index in [1.54, 1.807) is 0 Å². The first-order chi connectivity index (χ1) is 7.70. The number of pyridine rings is 1. The van der Waals surface area contributed by atoms with Crippen molar-refractivity contribution in [2.75, 3.05) is 18.0 Å². The first-order valence-electron chi connectivity index (χ1n) is 6.14. The fraction of sp³-hybridized carbons (Fsp3) is 0.615. The van der Waals surface area contributed by atoms with Crippen molar-refractivity contribution in [3.63, 3.8) is 0 Å². The van der Waals surface area contributed by atoms with Gasteiger partial charge >= 0.3 is 0 Å². The van der Waals surface area contributed by atoms with Gasteiger partial charge in [0.1, 0.15) is 0 Å². The van der Waals surface area contributed by atoms with Gasteiger partial charge in [0.2, 0.25) is 0 Å². The summed E-state index contributed by atoms with van der Waals surface area (Å²) in [7, 11) is 0. The van der Waals surface area contributed by atoms with E-state index in [9.17, 15) is 0 Å². The minimum atomic E-state index is 0.379. The quantitative estimate of drug-likeness (QED) is 0.826. The second kappa shape index (κ2) is 4.83. The zero-order chi connectivity index (χ0) is 11.5. The zero-order valence-electron chi connectivity index (χ0n) is 10.2. The summed E-state index contributed by atoms with van der Waals surface area (Å²) in [4.78, 5) is 6.67. The lowest BCUT2D eigenvalue weighted by Crippen LogP contribution is -2.47. The van der Waals surface area contributed by atoms with E-state index in [0.717, 1.165) is 25.2 Å². The third-order valence-corrected chi connectivity index (χ3v) is 3.56. The highest BCUT2D eigenvalue weighted by molar-refractivity contribution is 5.46. The molecule has 0 bridgehead atoms. The van der Waals surface area contributed by atoms with Crippen LogP contribution in [0.15, 0.2) is 18.3 Å². The Hall–Kier alpha value is -1.09. The molecule has 0 radical (unpaired) electrons. The monoisotopic (exact) mass is 219 g/mol. The molecule has 1 aliphatic rings. The molecule has 1 fully saturated rings. The Kier molecular flexibility index (Phi) is 3.44. The first kappa shape index (κ1) is 11.4. The smallest absolute Gasteiger partial charge is 0.0399 e. The van der Waals surface area contributed by atoms with Crippen molar-refractivity contribution in [1.82, 2.24) is 4.98 Å². The summed E-state index contributed by atoms with van der Waals surface area (Å²) in [5.41, 5.74) is 8.49. The maximum atomic E-state index is 6.12. The highest BCUT2D eigenvalue weighted by atomic mass is 15.1. The van der Waals surface area contributed by atoms with E-state index in [-0.39, 0.29) is 0 Å². The van der Waals surface area contributed by atoms with Crippen molar-refractivity contribution >= 4 is 5.69 Å². The Labute approximate surface area is 97.7 Å². The van der Waals surface area contributed by atoms with Crippen LogP contribution < -0.4 is 10.6 Å². The summed E-state index contributed by atoms with van der Waals surface area (Å²) < 4.78 is 0. The van der Waals surface area contributed by atoms with E-state index in [1.807, 2.05) is 13.1 Å². The summed E-state index contributed by atoms with van der Waals surface area (Å²) in [5, 5.41) is 0. The van der Waals surface area contributed by atoms with Crippen LogP contribution in [0.25, 0.3) is 0 Å². The molecule has 16 heavy (non-hydrogen) atoms. The molecule has 2 unspecified atom stereocenters. The van der Waals surface area contributed by atoms with Crippen LogP contribution in [0.5, 0.6) is 0 Å². The first-order valence-corrected chi connectivity index (χ1v) is 6.14. The molecule has 2 rings (SSSR count). The zero-order valence-corrected chi connectivity index (χ0v) is 10.2. The van der Waals surface area contributed by atoms with E-state index < -0.39 is 0 Å². The van der Waals surface area contributed by atoms with Gasteiger partial charge < -0.3 is 10.6 Å². The summed E-state index contributed by atoms with van der Waals surface area (Å²) in [6.45, 7) is 6.42. The van der Waals surface area contributed by atoms with Crippen LogP contribution in [0.4, 0.5) is 5.69 Å². The van der Waals surface area contributed by atoms with Crippen LogP contribution in [0.3, 0.4) is 0 Å². The van der Waals surface area contributed by atoms with Crippen molar-refractivity contribution in [3.8, 4) is 0 Å². The van der Waals surface area contributed by atoms with Crippen molar-refractivity contribution in [2.45, 2.75) is 32.7 Å². The Morgan fingerprint density at radius 1 is 1.56 bits per heavy atom. The molecule has 2 N–H and O–H groups in total. The van der Waals surface area contributed by atoms with Crippen LogP contribution in [-0.4, -0.2) is 24.1 Å². The number of piperidine rings is 1. The number of hydrogen-bond acceptors (Lipinski definition) is 3. The number of nitrogens with zero attached hydrogens (tertiary/aromatic N) is 2. The van der Waals surface area contributed by atoms with Crippen molar-refractivity contribution in [2.24, 2.45) is 11.7 Å². The molecule has 0 spiro atoms. The summed E-state index contributed by atoms with van der Waals surface area (Å²) >= 11 is 0. The number of nitrogens with two attached hydrogens (primary N) is 1. The third kappa shape index (κ3) is 2.35. The summed E-state index contributed by atoms with van der Waals surface area (Å²) in [6.07, 6.45) is 4.15. The molecule has 0 amide bonds.